The first-order chi connectivity index (χ1) is 12.0. The maximum absolute atomic E-state index is 12.9. The number of carboxylic acids is 1. The monoisotopic (exact) mass is 335 g/mol. The zero-order valence-electron chi connectivity index (χ0n) is 14.2. The molecule has 4 nitrogen and oxygen atoms in total. The molecule has 0 aromatic heterocycles. The number of aromatic carboxylic acids is 1. The molecule has 4 heteroatoms. The molecule has 1 amide bonds. The Labute approximate surface area is 147 Å². The Morgan fingerprint density at radius 2 is 1.92 bits per heavy atom. The second-order valence-electron chi connectivity index (χ2n) is 7.10. The first-order valence-electron chi connectivity index (χ1n) is 8.74. The van der Waals surface area contributed by atoms with Crippen LogP contribution >= 0.6 is 0 Å². The van der Waals surface area contributed by atoms with Crippen molar-refractivity contribution in [1.29, 1.82) is 0 Å². The van der Waals surface area contributed by atoms with Crippen LogP contribution in [0.25, 0.3) is 0 Å². The molecule has 1 heterocycles. The number of carbonyl (C=O) groups is 2. The lowest BCUT2D eigenvalue weighted by Gasteiger charge is -2.29. The van der Waals surface area contributed by atoms with E-state index in [1.807, 2.05) is 23.1 Å². The number of carboxylic acid groups (broad SMARTS) is 1. The van der Waals surface area contributed by atoms with E-state index in [-0.39, 0.29) is 17.4 Å². The van der Waals surface area contributed by atoms with E-state index in [0.29, 0.717) is 12.5 Å². The molecule has 2 aromatic carbocycles. The van der Waals surface area contributed by atoms with Crippen LogP contribution in [0, 0.1) is 12.8 Å². The highest BCUT2D eigenvalue weighted by molar-refractivity contribution is 5.88. The van der Waals surface area contributed by atoms with Gasteiger partial charge < -0.3 is 10.0 Å². The van der Waals surface area contributed by atoms with Crippen LogP contribution in [-0.2, 0) is 17.8 Å². The number of amides is 1. The van der Waals surface area contributed by atoms with Gasteiger partial charge in [-0.15, -0.1) is 0 Å². The van der Waals surface area contributed by atoms with Crippen molar-refractivity contribution in [3.63, 3.8) is 0 Å². The van der Waals surface area contributed by atoms with E-state index in [9.17, 15) is 9.59 Å². The summed E-state index contributed by atoms with van der Waals surface area (Å²) < 4.78 is 0. The van der Waals surface area contributed by atoms with Gasteiger partial charge in [0.25, 0.3) is 0 Å². The van der Waals surface area contributed by atoms with E-state index >= 15 is 0 Å². The standard InChI is InChI=1S/C21H21NO3/c1-13-4-2-3-5-17(13)18-11-19(18)20(23)22-9-8-14-6-7-15(21(24)25)10-16(14)12-22/h2-7,10,18-19H,8-9,11-12H2,1H3,(H,24,25). The van der Waals surface area contributed by atoms with Crippen LogP contribution in [0.1, 0.15) is 45.0 Å². The van der Waals surface area contributed by atoms with Gasteiger partial charge in [0.1, 0.15) is 0 Å². The van der Waals surface area contributed by atoms with Gasteiger partial charge in [-0.2, -0.15) is 0 Å². The summed E-state index contributed by atoms with van der Waals surface area (Å²) in [5, 5.41) is 9.17. The molecule has 128 valence electrons. The lowest BCUT2D eigenvalue weighted by molar-refractivity contribution is -0.133. The number of fused-ring (bicyclic) bond motifs is 1. The van der Waals surface area contributed by atoms with Gasteiger partial charge in [-0.25, -0.2) is 4.79 Å². The summed E-state index contributed by atoms with van der Waals surface area (Å²) in [6.07, 6.45) is 1.71. The Bertz CT molecular complexity index is 858. The smallest absolute Gasteiger partial charge is 0.335 e. The SMILES string of the molecule is Cc1ccccc1C1CC1C(=O)N1CCc2ccc(C(=O)O)cc2C1. The summed E-state index contributed by atoms with van der Waals surface area (Å²) in [5.74, 6) is -0.307. The highest BCUT2D eigenvalue weighted by Crippen LogP contribution is 2.49. The summed E-state index contributed by atoms with van der Waals surface area (Å²) in [6.45, 7) is 3.33. The summed E-state index contributed by atoms with van der Waals surface area (Å²) in [5.41, 5.74) is 4.94. The van der Waals surface area contributed by atoms with Crippen LogP contribution in [0.4, 0.5) is 0 Å². The molecule has 1 aliphatic carbocycles. The molecule has 0 spiro atoms. The molecular weight excluding hydrogens is 314 g/mol. The zero-order chi connectivity index (χ0) is 17.6. The largest absolute Gasteiger partial charge is 0.478 e. The molecule has 2 atom stereocenters. The minimum Gasteiger partial charge on any atom is -0.478 e. The minimum atomic E-state index is -0.923. The normalized spacial score (nSPS) is 21.6. The molecule has 1 saturated carbocycles. The van der Waals surface area contributed by atoms with Crippen molar-refractivity contribution < 1.29 is 14.7 Å². The fraction of sp³-hybridized carbons (Fsp3) is 0.333. The minimum absolute atomic E-state index is 0.0744. The molecule has 0 radical (unpaired) electrons. The van der Waals surface area contributed by atoms with Crippen LogP contribution in [0.5, 0.6) is 0 Å². The summed E-state index contributed by atoms with van der Waals surface area (Å²) in [6, 6.07) is 13.5. The highest BCUT2D eigenvalue weighted by Gasteiger charge is 2.46. The number of benzene rings is 2. The van der Waals surface area contributed by atoms with Crippen LogP contribution in [-0.4, -0.2) is 28.4 Å². The van der Waals surface area contributed by atoms with Crippen LogP contribution in [0.3, 0.4) is 0 Å². The van der Waals surface area contributed by atoms with Gasteiger partial charge in [-0.05, 0) is 60.1 Å². The molecule has 1 aliphatic heterocycles. The third-order valence-electron chi connectivity index (χ3n) is 5.47. The van der Waals surface area contributed by atoms with E-state index in [2.05, 4.69) is 19.1 Å². The molecule has 2 aromatic rings. The second-order valence-corrected chi connectivity index (χ2v) is 7.10. The average Bonchev–Trinajstić information content (AvgIpc) is 3.41. The lowest BCUT2D eigenvalue weighted by atomic mass is 9.96. The van der Waals surface area contributed by atoms with Crippen molar-refractivity contribution in [2.45, 2.75) is 32.2 Å². The number of rotatable bonds is 3. The summed E-state index contributed by atoms with van der Waals surface area (Å²) in [7, 11) is 0. The number of aryl methyl sites for hydroxylation is 1. The van der Waals surface area contributed by atoms with Gasteiger partial charge in [0.15, 0.2) is 0 Å². The molecule has 4 rings (SSSR count). The van der Waals surface area contributed by atoms with Gasteiger partial charge in [-0.1, -0.05) is 30.3 Å². The molecule has 2 unspecified atom stereocenters. The van der Waals surface area contributed by atoms with Crippen molar-refractivity contribution in [3.8, 4) is 0 Å². The maximum Gasteiger partial charge on any atom is 0.335 e. The predicted octanol–water partition coefficient (Wildman–Crippen LogP) is 3.38. The molecular formula is C21H21NO3. The third kappa shape index (κ3) is 2.93. The third-order valence-corrected chi connectivity index (χ3v) is 5.47. The number of hydrogen-bond acceptors (Lipinski definition) is 2. The zero-order valence-corrected chi connectivity index (χ0v) is 14.2. The van der Waals surface area contributed by atoms with E-state index in [1.54, 1.807) is 12.1 Å². The Morgan fingerprint density at radius 1 is 1.12 bits per heavy atom. The van der Waals surface area contributed by atoms with Crippen LogP contribution < -0.4 is 0 Å². The fourth-order valence-electron chi connectivity index (χ4n) is 3.93. The molecule has 2 aliphatic rings. The summed E-state index contributed by atoms with van der Waals surface area (Å²) >= 11 is 0. The number of carbonyl (C=O) groups excluding carboxylic acids is 1. The second kappa shape index (κ2) is 6.03. The lowest BCUT2D eigenvalue weighted by Crippen LogP contribution is -2.37. The van der Waals surface area contributed by atoms with Crippen LogP contribution in [0.15, 0.2) is 42.5 Å². The maximum atomic E-state index is 12.9. The van der Waals surface area contributed by atoms with Gasteiger partial charge in [-0.3, -0.25) is 4.79 Å². The first-order valence-corrected chi connectivity index (χ1v) is 8.74. The number of hydrogen-bond donors (Lipinski definition) is 1. The fourth-order valence-corrected chi connectivity index (χ4v) is 3.93. The van der Waals surface area contributed by atoms with Gasteiger partial charge >= 0.3 is 5.97 Å². The van der Waals surface area contributed by atoms with Gasteiger partial charge in [0.05, 0.1) is 5.56 Å². The van der Waals surface area contributed by atoms with Gasteiger partial charge in [0.2, 0.25) is 5.91 Å². The highest BCUT2D eigenvalue weighted by atomic mass is 16.4. The van der Waals surface area contributed by atoms with Crippen molar-refractivity contribution in [1.82, 2.24) is 4.90 Å². The quantitative estimate of drug-likeness (QED) is 0.935. The van der Waals surface area contributed by atoms with E-state index in [0.717, 1.165) is 30.5 Å². The molecule has 25 heavy (non-hydrogen) atoms. The Balaban J connectivity index is 1.49. The van der Waals surface area contributed by atoms with Crippen molar-refractivity contribution in [3.05, 3.63) is 70.3 Å². The van der Waals surface area contributed by atoms with Crippen molar-refractivity contribution in [2.24, 2.45) is 5.92 Å². The molecule has 0 saturated heterocycles. The van der Waals surface area contributed by atoms with E-state index in [4.69, 9.17) is 5.11 Å². The Hall–Kier alpha value is -2.62. The molecule has 1 fully saturated rings. The first kappa shape index (κ1) is 15.9. The van der Waals surface area contributed by atoms with Crippen molar-refractivity contribution in [2.75, 3.05) is 6.54 Å². The Kier molecular flexibility index (Phi) is 3.83. The number of nitrogens with zero attached hydrogens (tertiary/aromatic N) is 1. The van der Waals surface area contributed by atoms with Crippen LogP contribution in [0.2, 0.25) is 0 Å². The molecule has 0 bridgehead atoms. The topological polar surface area (TPSA) is 57.6 Å². The van der Waals surface area contributed by atoms with E-state index in [1.165, 1.54) is 11.1 Å². The Morgan fingerprint density at radius 3 is 2.68 bits per heavy atom. The van der Waals surface area contributed by atoms with Gasteiger partial charge in [0, 0.05) is 19.0 Å². The predicted molar refractivity (Wildman–Crippen MR) is 94.5 cm³/mol. The summed E-state index contributed by atoms with van der Waals surface area (Å²) in [4.78, 5) is 26.0. The average molecular weight is 335 g/mol. The van der Waals surface area contributed by atoms with E-state index < -0.39 is 5.97 Å². The molecule has 1 N–H and O–H groups in total. The van der Waals surface area contributed by atoms with Crippen molar-refractivity contribution >= 4 is 11.9 Å².